The Hall–Kier alpha value is 0.374. The van der Waals surface area contributed by atoms with Gasteiger partial charge in [-0.1, -0.05) is 387 Å². The summed E-state index contributed by atoms with van der Waals surface area (Å²) in [5.41, 5.74) is 0. The minimum Gasteiger partial charge on any atom is -0.550 e. The molecule has 0 amide bonds. The summed E-state index contributed by atoms with van der Waals surface area (Å²) in [5.74, 6) is -3.11. The van der Waals surface area contributed by atoms with E-state index in [0.29, 0.717) is 12.8 Å². The molecule has 0 atom stereocenters. The first kappa shape index (κ1) is 93.5. The smallest absolute Gasteiger partial charge is 0.550 e. The van der Waals surface area contributed by atoms with Crippen LogP contribution in [0.1, 0.15) is 439 Å². The summed E-state index contributed by atoms with van der Waals surface area (Å²) in [6, 6.07) is 0. The fourth-order valence-corrected chi connectivity index (χ4v) is 10.6. The van der Waals surface area contributed by atoms with Crippen LogP contribution >= 0.6 is 0 Å². The van der Waals surface area contributed by atoms with Crippen LogP contribution in [0.4, 0.5) is 0 Å². The van der Waals surface area contributed by atoms with E-state index in [9.17, 15) is 29.4 Å². The molecule has 0 heterocycles. The largest absolute Gasteiger partial charge is 2.00 e. The number of aliphatic carboxylic acids is 4. The van der Waals surface area contributed by atoms with Crippen molar-refractivity contribution >= 4 is 72.8 Å². The number of carbonyl (C=O) groups excluding carboxylic acids is 2. The van der Waals surface area contributed by atoms with Gasteiger partial charge in [-0.2, -0.15) is 0 Å². The van der Waals surface area contributed by atoms with Crippen molar-refractivity contribution in [1.29, 1.82) is 0 Å². The van der Waals surface area contributed by atoms with Gasteiger partial charge in [0.1, 0.15) is 0 Å². The predicted octanol–water partition coefficient (Wildman–Crippen LogP) is 22.3. The maximum absolute atomic E-state index is 10.3. The van der Waals surface area contributed by atoms with Crippen LogP contribution in [-0.4, -0.2) is 83.0 Å². The zero-order valence-corrected chi connectivity index (χ0v) is 64.5. The van der Waals surface area contributed by atoms with Gasteiger partial charge in [0, 0.05) is 52.1 Å². The fraction of sp³-hybridized carbons (Fsp3) is 0.944. The van der Waals surface area contributed by atoms with Crippen molar-refractivity contribution in [1.82, 2.24) is 0 Å². The second-order valence-electron chi connectivity index (χ2n) is 24.3. The van der Waals surface area contributed by atoms with Crippen molar-refractivity contribution in [3.63, 3.8) is 0 Å². The molecule has 0 radical (unpaired) electrons. The molecule has 10 heteroatoms. The summed E-state index contributed by atoms with van der Waals surface area (Å²) in [6.07, 6.45) is 80.1. The van der Waals surface area contributed by atoms with Crippen LogP contribution in [0.5, 0.6) is 0 Å². The van der Waals surface area contributed by atoms with Crippen molar-refractivity contribution in [2.45, 2.75) is 439 Å². The average Bonchev–Trinajstić information content (AvgIpc) is 3.43. The number of hydrogen-bond acceptors (Lipinski definition) is 6. The number of carboxylic acid groups (broad SMARTS) is 4. The van der Waals surface area contributed by atoms with Crippen LogP contribution in [0.15, 0.2) is 0 Å². The van der Waals surface area contributed by atoms with Crippen molar-refractivity contribution in [3.8, 4) is 0 Å². The molecule has 0 aromatic heterocycles. The Bertz CT molecular complexity index is 998. The Morgan fingerprint density at radius 2 is 0.305 bits per heavy atom. The first-order chi connectivity index (χ1) is 39.1. The Kier molecular flexibility index (Phi) is 103. The van der Waals surface area contributed by atoms with Crippen molar-refractivity contribution in [3.05, 3.63) is 0 Å². The van der Waals surface area contributed by atoms with Gasteiger partial charge >= 0.3 is 60.8 Å². The molecule has 482 valence electrons. The fourth-order valence-electron chi connectivity index (χ4n) is 10.6. The Morgan fingerprint density at radius 1 is 0.207 bits per heavy atom. The third kappa shape index (κ3) is 108. The number of carboxylic acids is 4. The topological polar surface area (TPSA) is 155 Å². The predicted molar refractivity (Wildman–Crippen MR) is 349 cm³/mol. The second kappa shape index (κ2) is 90.1. The van der Waals surface area contributed by atoms with E-state index in [-0.39, 0.29) is 89.0 Å². The van der Waals surface area contributed by atoms with Gasteiger partial charge in [-0.15, -0.1) is 0 Å². The molecule has 0 rings (SSSR count). The molecule has 0 spiro atoms. The number of rotatable bonds is 64. The van der Waals surface area contributed by atoms with E-state index < -0.39 is 23.9 Å². The van der Waals surface area contributed by atoms with Crippen LogP contribution in [0.3, 0.4) is 0 Å². The molecule has 0 aliphatic heterocycles. The molecule has 0 aliphatic rings. The van der Waals surface area contributed by atoms with Crippen molar-refractivity contribution < 1.29 is 66.9 Å². The van der Waals surface area contributed by atoms with Crippen molar-refractivity contribution in [2.75, 3.05) is 0 Å². The third-order valence-corrected chi connectivity index (χ3v) is 16.0. The zero-order chi connectivity index (χ0) is 59.6. The molecule has 0 bridgehead atoms. The molecule has 2 N–H and O–H groups in total. The van der Waals surface area contributed by atoms with E-state index in [4.69, 9.17) is 10.2 Å². The maximum atomic E-state index is 10.3. The summed E-state index contributed by atoms with van der Waals surface area (Å²) in [6.45, 7) is 9.07. The standard InChI is InChI=1S/4C18H36O2.Ba.Cd/c4*1-2-3-4-5-6-7-8-9-10-11-12-13-14-15-16-17-18(19)20;;/h4*2-17H2,1H3,(H,19,20);;/q;;;;+2;/p-2. The maximum Gasteiger partial charge on any atom is 2.00 e. The van der Waals surface area contributed by atoms with Crippen LogP contribution in [0, 0.1) is 0 Å². The van der Waals surface area contributed by atoms with Gasteiger partial charge in [-0.3, -0.25) is 9.59 Å². The summed E-state index contributed by atoms with van der Waals surface area (Å²) in [4.78, 5) is 41.1. The molecule has 0 fully saturated rings. The van der Waals surface area contributed by atoms with E-state index in [1.165, 1.54) is 334 Å². The third-order valence-electron chi connectivity index (χ3n) is 16.0. The van der Waals surface area contributed by atoms with Crippen molar-refractivity contribution in [2.24, 2.45) is 0 Å². The van der Waals surface area contributed by atoms with Crippen LogP contribution in [0.25, 0.3) is 0 Å². The van der Waals surface area contributed by atoms with Gasteiger partial charge in [0.25, 0.3) is 0 Å². The van der Waals surface area contributed by atoms with E-state index >= 15 is 0 Å². The van der Waals surface area contributed by atoms with Gasteiger partial charge in [0.05, 0.1) is 0 Å². The van der Waals surface area contributed by atoms with E-state index in [0.717, 1.165) is 51.4 Å². The average molecular weight is 1390 g/mol. The quantitative estimate of drug-likeness (QED) is 0.0451. The summed E-state index contributed by atoms with van der Waals surface area (Å²) in [7, 11) is 0. The Labute approximate surface area is 572 Å². The molecule has 0 aromatic rings. The summed E-state index contributed by atoms with van der Waals surface area (Å²) >= 11 is 0. The second-order valence-corrected chi connectivity index (χ2v) is 24.3. The van der Waals surface area contributed by atoms with Gasteiger partial charge in [0.2, 0.25) is 0 Å². The normalized spacial score (nSPS) is 10.6. The van der Waals surface area contributed by atoms with Gasteiger partial charge < -0.3 is 30.0 Å². The van der Waals surface area contributed by atoms with Gasteiger partial charge in [-0.05, 0) is 38.5 Å². The molecular weight excluding hydrogens is 1240 g/mol. The van der Waals surface area contributed by atoms with Gasteiger partial charge in [0.15, 0.2) is 0 Å². The van der Waals surface area contributed by atoms with E-state index in [1.807, 2.05) is 0 Å². The molecule has 0 saturated heterocycles. The van der Waals surface area contributed by atoms with Crippen LogP contribution in [-0.2, 0) is 46.5 Å². The monoisotopic (exact) mass is 1390 g/mol. The van der Waals surface area contributed by atoms with Crippen LogP contribution < -0.4 is 10.2 Å². The Morgan fingerprint density at radius 3 is 0.402 bits per heavy atom. The SMILES string of the molecule is CCCCCCCCCCCCCCCCCC(=O)O.CCCCCCCCCCCCCCCCCC(=O)O.CCCCCCCCCCCCCCCCCC(=O)[O-].CCCCCCCCCCCCCCCCCC(=O)[O-].[Ba+2].[Cd]. The molecule has 0 unspecified atom stereocenters. The van der Waals surface area contributed by atoms with E-state index in [1.54, 1.807) is 0 Å². The first-order valence-corrected chi connectivity index (χ1v) is 35.9. The molecule has 0 aromatic carbocycles. The molecule has 82 heavy (non-hydrogen) atoms. The molecule has 0 aliphatic carbocycles. The molecule has 8 nitrogen and oxygen atoms in total. The first-order valence-electron chi connectivity index (χ1n) is 35.9. The Balaban J connectivity index is -0.000000233. The number of unbranched alkanes of at least 4 members (excludes halogenated alkanes) is 56. The minimum atomic E-state index is -0.903. The molecule has 0 saturated carbocycles. The molecular formula is C72H142BaCdO8. The minimum absolute atomic E-state index is 0. The van der Waals surface area contributed by atoms with Crippen LogP contribution in [0.2, 0.25) is 0 Å². The summed E-state index contributed by atoms with van der Waals surface area (Å²) in [5, 5.41) is 37.5. The van der Waals surface area contributed by atoms with E-state index in [2.05, 4.69) is 27.7 Å². The van der Waals surface area contributed by atoms with Gasteiger partial charge in [-0.25, -0.2) is 0 Å². The summed E-state index contributed by atoms with van der Waals surface area (Å²) < 4.78 is 0. The number of carbonyl (C=O) groups is 4. The zero-order valence-electron chi connectivity index (χ0n) is 56.0. The number of hydrogen-bond donors (Lipinski definition) is 2.